The molecule has 1 aliphatic carbocycles. The lowest BCUT2D eigenvalue weighted by atomic mass is 9.97. The molecule has 0 bridgehead atoms. The van der Waals surface area contributed by atoms with Gasteiger partial charge in [-0.15, -0.1) is 0 Å². The van der Waals surface area contributed by atoms with Crippen molar-refractivity contribution in [1.29, 1.82) is 0 Å². The largest absolute Gasteiger partial charge is 0.494 e. The average molecular weight is 368 g/mol. The molecule has 0 radical (unpaired) electrons. The molecule has 7 heteroatoms. The van der Waals surface area contributed by atoms with Crippen LogP contribution < -0.4 is 16.7 Å². The van der Waals surface area contributed by atoms with E-state index in [1.807, 2.05) is 31.2 Å². The van der Waals surface area contributed by atoms with E-state index in [2.05, 4.69) is 21.6 Å². The lowest BCUT2D eigenvalue weighted by Crippen LogP contribution is -2.32. The van der Waals surface area contributed by atoms with Crippen molar-refractivity contribution in [3.63, 3.8) is 0 Å². The van der Waals surface area contributed by atoms with Crippen LogP contribution in [0.1, 0.15) is 43.2 Å². The second-order valence-electron chi connectivity index (χ2n) is 6.69. The summed E-state index contributed by atoms with van der Waals surface area (Å²) in [7, 11) is 0. The van der Waals surface area contributed by atoms with E-state index in [-0.39, 0.29) is 11.4 Å². The summed E-state index contributed by atoms with van der Waals surface area (Å²) in [4.78, 5) is 26.4. The maximum absolute atomic E-state index is 12.1. The molecule has 7 nitrogen and oxygen atoms in total. The highest BCUT2D eigenvalue weighted by molar-refractivity contribution is 5.82. The molecule has 0 amide bonds. The predicted octanol–water partition coefficient (Wildman–Crippen LogP) is 2.89. The first kappa shape index (κ1) is 18.7. The van der Waals surface area contributed by atoms with Gasteiger partial charge in [0.25, 0.3) is 5.56 Å². The molecule has 0 unspecified atom stereocenters. The molecule has 1 heterocycles. The normalized spacial score (nSPS) is 14.3. The van der Waals surface area contributed by atoms with E-state index < -0.39 is 11.2 Å². The van der Waals surface area contributed by atoms with Crippen LogP contribution in [0.15, 0.2) is 50.6 Å². The first-order valence-electron chi connectivity index (χ1n) is 9.15. The van der Waals surface area contributed by atoms with Crippen LogP contribution in [-0.4, -0.2) is 20.9 Å². The second-order valence-corrected chi connectivity index (χ2v) is 6.69. The van der Waals surface area contributed by atoms with Gasteiger partial charge in [0.05, 0.1) is 11.9 Å². The molecule has 0 saturated carbocycles. The number of benzene rings is 1. The molecule has 142 valence electrons. The minimum Gasteiger partial charge on any atom is -0.494 e. The van der Waals surface area contributed by atoms with E-state index >= 15 is 0 Å². The molecule has 0 aliphatic heterocycles. The average Bonchev–Trinajstić information content (AvgIpc) is 2.66. The Morgan fingerprint density at radius 2 is 2.11 bits per heavy atom. The number of anilines is 1. The van der Waals surface area contributed by atoms with E-state index in [0.717, 1.165) is 30.5 Å². The topological polar surface area (TPSA) is 99.5 Å². The molecule has 1 aliphatic rings. The molecule has 2 aromatic rings. The van der Waals surface area contributed by atoms with Crippen LogP contribution in [-0.2, 0) is 6.54 Å². The number of allylic oxidation sites excluding steroid dienone is 2. The van der Waals surface area contributed by atoms with Gasteiger partial charge < -0.3 is 5.11 Å². The molecule has 27 heavy (non-hydrogen) atoms. The van der Waals surface area contributed by atoms with Crippen LogP contribution >= 0.6 is 0 Å². The summed E-state index contributed by atoms with van der Waals surface area (Å²) in [6.07, 6.45) is 8.54. The van der Waals surface area contributed by atoms with Crippen molar-refractivity contribution in [2.45, 2.75) is 45.6 Å². The summed E-state index contributed by atoms with van der Waals surface area (Å²) in [6.45, 7) is 2.25. The minimum absolute atomic E-state index is 0.0479. The van der Waals surface area contributed by atoms with E-state index in [9.17, 15) is 14.7 Å². The monoisotopic (exact) mass is 368 g/mol. The first-order valence-corrected chi connectivity index (χ1v) is 9.15. The Bertz CT molecular complexity index is 985. The fourth-order valence-electron chi connectivity index (χ4n) is 3.15. The standard InChI is InChI=1S/C20H24N4O3/c1-14-7-5-6-10-17(14)23-21-13-16-18(25)22-20(27)24(19(16)26)12-11-15-8-3-2-4-9-15/h5-8,10,13,23,26H,2-4,9,11-12H2,1H3,(H,22,25,27)/b21-13+. The minimum atomic E-state index is -0.666. The third-order valence-corrected chi connectivity index (χ3v) is 4.77. The number of nitrogens with zero attached hydrogens (tertiary/aromatic N) is 2. The fourth-order valence-corrected chi connectivity index (χ4v) is 3.15. The summed E-state index contributed by atoms with van der Waals surface area (Å²) in [5, 5.41) is 14.5. The van der Waals surface area contributed by atoms with Gasteiger partial charge in [-0.1, -0.05) is 29.8 Å². The number of para-hydroxylation sites is 1. The molecular formula is C20H24N4O3. The van der Waals surface area contributed by atoms with Crippen molar-refractivity contribution in [2.24, 2.45) is 5.10 Å². The summed E-state index contributed by atoms with van der Waals surface area (Å²) >= 11 is 0. The number of hydrogen-bond donors (Lipinski definition) is 3. The summed E-state index contributed by atoms with van der Waals surface area (Å²) < 4.78 is 1.19. The van der Waals surface area contributed by atoms with Gasteiger partial charge in [0, 0.05) is 6.54 Å². The second kappa shape index (κ2) is 8.53. The zero-order valence-corrected chi connectivity index (χ0v) is 15.4. The number of hydrogen-bond acceptors (Lipinski definition) is 5. The number of aromatic hydroxyl groups is 1. The van der Waals surface area contributed by atoms with Crippen molar-refractivity contribution >= 4 is 11.9 Å². The number of aryl methyl sites for hydroxylation is 1. The van der Waals surface area contributed by atoms with E-state index in [0.29, 0.717) is 13.0 Å². The Hall–Kier alpha value is -3.09. The van der Waals surface area contributed by atoms with Gasteiger partial charge in [0.15, 0.2) is 0 Å². The van der Waals surface area contributed by atoms with Crippen molar-refractivity contribution in [1.82, 2.24) is 9.55 Å². The van der Waals surface area contributed by atoms with Crippen LogP contribution in [0.2, 0.25) is 0 Å². The number of aromatic nitrogens is 2. The Morgan fingerprint density at radius 1 is 1.30 bits per heavy atom. The Balaban J connectivity index is 1.80. The molecule has 1 aromatic carbocycles. The smallest absolute Gasteiger partial charge is 0.331 e. The van der Waals surface area contributed by atoms with Gasteiger partial charge in [0.2, 0.25) is 5.88 Å². The van der Waals surface area contributed by atoms with Crippen LogP contribution in [0.4, 0.5) is 5.69 Å². The zero-order chi connectivity index (χ0) is 19.2. The third kappa shape index (κ3) is 4.55. The van der Waals surface area contributed by atoms with Gasteiger partial charge in [-0.3, -0.25) is 19.8 Å². The summed E-state index contributed by atoms with van der Waals surface area (Å²) in [5.41, 5.74) is 4.60. The van der Waals surface area contributed by atoms with E-state index in [4.69, 9.17) is 0 Å². The Morgan fingerprint density at radius 3 is 2.85 bits per heavy atom. The van der Waals surface area contributed by atoms with Crippen LogP contribution in [0.5, 0.6) is 5.88 Å². The number of aromatic amines is 1. The lowest BCUT2D eigenvalue weighted by Gasteiger charge is -2.14. The quantitative estimate of drug-likeness (QED) is 0.415. The fraction of sp³-hybridized carbons (Fsp3) is 0.350. The van der Waals surface area contributed by atoms with E-state index in [1.165, 1.54) is 22.8 Å². The molecule has 0 saturated heterocycles. The molecule has 0 spiro atoms. The SMILES string of the molecule is Cc1ccccc1N/N=C/c1c(O)n(CCC2=CCCCC2)c(=O)[nH]c1=O. The molecule has 1 aromatic heterocycles. The third-order valence-electron chi connectivity index (χ3n) is 4.77. The van der Waals surface area contributed by atoms with Crippen LogP contribution in [0, 0.1) is 6.92 Å². The summed E-state index contributed by atoms with van der Waals surface area (Å²) in [6, 6.07) is 7.57. The number of H-pyrrole nitrogens is 1. The highest BCUT2D eigenvalue weighted by Crippen LogP contribution is 2.21. The van der Waals surface area contributed by atoms with Crippen molar-refractivity contribution < 1.29 is 5.11 Å². The van der Waals surface area contributed by atoms with Gasteiger partial charge >= 0.3 is 5.69 Å². The molecule has 0 fully saturated rings. The highest BCUT2D eigenvalue weighted by Gasteiger charge is 2.13. The van der Waals surface area contributed by atoms with Crippen molar-refractivity contribution in [3.05, 3.63) is 67.9 Å². The van der Waals surface area contributed by atoms with Gasteiger partial charge in [0.1, 0.15) is 5.56 Å². The van der Waals surface area contributed by atoms with Crippen molar-refractivity contribution in [2.75, 3.05) is 5.43 Å². The number of hydrazone groups is 1. The Labute approximate surface area is 157 Å². The molecule has 3 rings (SSSR count). The highest BCUT2D eigenvalue weighted by atomic mass is 16.3. The predicted molar refractivity (Wildman–Crippen MR) is 107 cm³/mol. The van der Waals surface area contributed by atoms with E-state index in [1.54, 1.807) is 0 Å². The maximum Gasteiger partial charge on any atom is 0.331 e. The number of nitrogens with one attached hydrogen (secondary N) is 2. The Kier molecular flexibility index (Phi) is 5.90. The van der Waals surface area contributed by atoms with Crippen molar-refractivity contribution in [3.8, 4) is 5.88 Å². The lowest BCUT2D eigenvalue weighted by molar-refractivity contribution is 0.398. The van der Waals surface area contributed by atoms with Crippen LogP contribution in [0.25, 0.3) is 0 Å². The van der Waals surface area contributed by atoms with Gasteiger partial charge in [-0.25, -0.2) is 4.79 Å². The molecule has 0 atom stereocenters. The molecule has 3 N–H and O–H groups in total. The number of rotatable bonds is 6. The van der Waals surface area contributed by atoms with Gasteiger partial charge in [-0.05, 0) is 50.7 Å². The van der Waals surface area contributed by atoms with Crippen LogP contribution in [0.3, 0.4) is 0 Å². The molecular weight excluding hydrogens is 344 g/mol. The zero-order valence-electron chi connectivity index (χ0n) is 15.4. The van der Waals surface area contributed by atoms with Gasteiger partial charge in [-0.2, -0.15) is 5.10 Å². The maximum atomic E-state index is 12.1. The summed E-state index contributed by atoms with van der Waals surface area (Å²) in [5.74, 6) is -0.365. The first-order chi connectivity index (χ1) is 13.1.